The first kappa shape index (κ1) is 21.0. The van der Waals surface area contributed by atoms with Crippen molar-refractivity contribution >= 4 is 17.5 Å². The van der Waals surface area contributed by atoms with E-state index in [1.54, 1.807) is 31.4 Å². The molecule has 1 amide bonds. The van der Waals surface area contributed by atoms with Gasteiger partial charge in [0.15, 0.2) is 0 Å². The van der Waals surface area contributed by atoms with E-state index >= 15 is 0 Å². The highest BCUT2D eigenvalue weighted by Gasteiger charge is 2.17. The fraction of sp³-hybridized carbons (Fsp3) is 0.292. The summed E-state index contributed by atoms with van der Waals surface area (Å²) in [6.45, 7) is 4.16. The molecule has 1 aromatic heterocycles. The summed E-state index contributed by atoms with van der Waals surface area (Å²) in [7, 11) is 1.67. The molecule has 0 atom stereocenters. The molecule has 2 aromatic carbocycles. The van der Waals surface area contributed by atoms with E-state index in [4.69, 9.17) is 16.3 Å². The molecular weight excluding hydrogens is 384 g/mol. The second-order valence-corrected chi connectivity index (χ2v) is 7.50. The average molecular weight is 411 g/mol. The molecule has 0 saturated heterocycles. The van der Waals surface area contributed by atoms with Crippen molar-refractivity contribution in [3.63, 3.8) is 0 Å². The number of ether oxygens (including phenoxy) is 1. The van der Waals surface area contributed by atoms with Crippen molar-refractivity contribution in [2.75, 3.05) is 13.7 Å². The molecule has 0 aliphatic rings. The Kier molecular flexibility index (Phi) is 7.36. The third-order valence-electron chi connectivity index (χ3n) is 4.92. The van der Waals surface area contributed by atoms with Gasteiger partial charge in [0.05, 0.1) is 13.7 Å². The first-order valence-corrected chi connectivity index (χ1v) is 10.3. The van der Waals surface area contributed by atoms with E-state index < -0.39 is 0 Å². The van der Waals surface area contributed by atoms with Gasteiger partial charge < -0.3 is 14.2 Å². The summed E-state index contributed by atoms with van der Waals surface area (Å²) in [5.74, 6) is 0.878. The Morgan fingerprint density at radius 1 is 1.10 bits per heavy atom. The average Bonchev–Trinajstić information content (AvgIpc) is 3.17. The SMILES string of the molecule is CCCCN(Cc1cccn1Cc1cccc(OC)c1)C(=O)c1ccc(Cl)cc1. The number of benzene rings is 2. The lowest BCUT2D eigenvalue weighted by atomic mass is 10.1. The summed E-state index contributed by atoms with van der Waals surface area (Å²) in [4.78, 5) is 15.0. The van der Waals surface area contributed by atoms with Gasteiger partial charge in [-0.2, -0.15) is 0 Å². The minimum Gasteiger partial charge on any atom is -0.497 e. The largest absolute Gasteiger partial charge is 0.497 e. The quantitative estimate of drug-likeness (QED) is 0.457. The van der Waals surface area contributed by atoms with Gasteiger partial charge in [-0.1, -0.05) is 37.1 Å². The number of amides is 1. The monoisotopic (exact) mass is 410 g/mol. The summed E-state index contributed by atoms with van der Waals surface area (Å²) in [5, 5.41) is 0.633. The van der Waals surface area contributed by atoms with Crippen LogP contribution in [0.3, 0.4) is 0 Å². The standard InChI is InChI=1S/C24H27ClN2O2/c1-3-4-14-27(24(28)20-10-12-21(25)13-11-20)18-22-8-6-15-26(22)17-19-7-5-9-23(16-19)29-2/h5-13,15-16H,3-4,14,17-18H2,1-2H3. The molecule has 5 heteroatoms. The lowest BCUT2D eigenvalue weighted by Crippen LogP contribution is -2.32. The third-order valence-corrected chi connectivity index (χ3v) is 5.18. The highest BCUT2D eigenvalue weighted by Crippen LogP contribution is 2.18. The van der Waals surface area contributed by atoms with Crippen LogP contribution in [0.1, 0.15) is 41.4 Å². The number of methoxy groups -OCH3 is 1. The van der Waals surface area contributed by atoms with Gasteiger partial charge >= 0.3 is 0 Å². The maximum absolute atomic E-state index is 13.1. The van der Waals surface area contributed by atoms with Crippen molar-refractivity contribution in [3.8, 4) is 5.75 Å². The number of hydrogen-bond donors (Lipinski definition) is 0. The van der Waals surface area contributed by atoms with Crippen molar-refractivity contribution in [2.24, 2.45) is 0 Å². The van der Waals surface area contributed by atoms with Gasteiger partial charge in [0.1, 0.15) is 5.75 Å². The smallest absolute Gasteiger partial charge is 0.254 e. The fourth-order valence-electron chi connectivity index (χ4n) is 3.29. The Morgan fingerprint density at radius 2 is 1.90 bits per heavy atom. The zero-order valence-corrected chi connectivity index (χ0v) is 17.7. The second kappa shape index (κ2) is 10.2. The van der Waals surface area contributed by atoms with Gasteiger partial charge in [0.25, 0.3) is 5.91 Å². The topological polar surface area (TPSA) is 34.5 Å². The first-order chi connectivity index (χ1) is 14.1. The lowest BCUT2D eigenvalue weighted by Gasteiger charge is -2.24. The molecule has 3 aromatic rings. The first-order valence-electron chi connectivity index (χ1n) is 9.92. The van der Waals surface area contributed by atoms with Crippen LogP contribution in [0, 0.1) is 0 Å². The molecule has 0 bridgehead atoms. The number of halogens is 1. The molecule has 0 aliphatic heterocycles. The van der Waals surface area contributed by atoms with Gasteiger partial charge in [0, 0.05) is 35.6 Å². The van der Waals surface area contributed by atoms with E-state index in [2.05, 4.69) is 29.8 Å². The van der Waals surface area contributed by atoms with Crippen LogP contribution in [0.25, 0.3) is 0 Å². The predicted molar refractivity (Wildman–Crippen MR) is 118 cm³/mol. The zero-order chi connectivity index (χ0) is 20.6. The van der Waals surface area contributed by atoms with Crippen LogP contribution in [0.5, 0.6) is 5.75 Å². The number of carbonyl (C=O) groups is 1. The molecule has 0 aliphatic carbocycles. The Labute approximate surface area is 177 Å². The minimum atomic E-state index is 0.0317. The normalized spacial score (nSPS) is 10.7. The number of nitrogens with zero attached hydrogens (tertiary/aromatic N) is 2. The van der Waals surface area contributed by atoms with E-state index in [0.29, 0.717) is 17.1 Å². The maximum Gasteiger partial charge on any atom is 0.254 e. The number of aromatic nitrogens is 1. The van der Waals surface area contributed by atoms with Crippen LogP contribution in [0.2, 0.25) is 5.02 Å². The lowest BCUT2D eigenvalue weighted by molar-refractivity contribution is 0.0737. The molecule has 0 spiro atoms. The number of rotatable bonds is 9. The van der Waals surface area contributed by atoms with Crippen LogP contribution < -0.4 is 4.74 Å². The second-order valence-electron chi connectivity index (χ2n) is 7.07. The van der Waals surface area contributed by atoms with E-state index in [1.807, 2.05) is 29.2 Å². The molecular formula is C24H27ClN2O2. The number of carbonyl (C=O) groups excluding carboxylic acids is 1. The molecule has 152 valence electrons. The third kappa shape index (κ3) is 5.64. The Hall–Kier alpha value is -2.72. The molecule has 4 nitrogen and oxygen atoms in total. The summed E-state index contributed by atoms with van der Waals surface area (Å²) in [6.07, 6.45) is 4.06. The minimum absolute atomic E-state index is 0.0317. The molecule has 3 rings (SSSR count). The number of unbranched alkanes of at least 4 members (excludes halogenated alkanes) is 1. The number of hydrogen-bond acceptors (Lipinski definition) is 2. The van der Waals surface area contributed by atoms with Crippen molar-refractivity contribution < 1.29 is 9.53 Å². The van der Waals surface area contributed by atoms with Crippen LogP contribution >= 0.6 is 11.6 Å². The molecule has 0 radical (unpaired) electrons. The summed E-state index contributed by atoms with van der Waals surface area (Å²) in [5.41, 5.74) is 2.92. The molecule has 0 unspecified atom stereocenters. The van der Waals surface area contributed by atoms with Gasteiger partial charge in [-0.15, -0.1) is 0 Å². The maximum atomic E-state index is 13.1. The van der Waals surface area contributed by atoms with Crippen molar-refractivity contribution in [1.82, 2.24) is 9.47 Å². The molecule has 0 N–H and O–H groups in total. The van der Waals surface area contributed by atoms with Gasteiger partial charge in [-0.25, -0.2) is 0 Å². The zero-order valence-electron chi connectivity index (χ0n) is 17.0. The summed E-state index contributed by atoms with van der Waals surface area (Å²) >= 11 is 5.98. The molecule has 29 heavy (non-hydrogen) atoms. The van der Waals surface area contributed by atoms with Gasteiger partial charge in [-0.05, 0) is 60.5 Å². The molecule has 0 fully saturated rings. The van der Waals surface area contributed by atoms with Crippen molar-refractivity contribution in [2.45, 2.75) is 32.9 Å². The Balaban J connectivity index is 1.78. The van der Waals surface area contributed by atoms with E-state index in [-0.39, 0.29) is 5.91 Å². The Morgan fingerprint density at radius 3 is 2.62 bits per heavy atom. The van der Waals surface area contributed by atoms with Crippen molar-refractivity contribution in [1.29, 1.82) is 0 Å². The van der Waals surface area contributed by atoms with Crippen LogP contribution in [0.15, 0.2) is 66.9 Å². The predicted octanol–water partition coefficient (Wildman–Crippen LogP) is 5.64. The molecule has 0 saturated carbocycles. The fourth-order valence-corrected chi connectivity index (χ4v) is 3.41. The van der Waals surface area contributed by atoms with Crippen LogP contribution in [-0.4, -0.2) is 29.0 Å². The highest BCUT2D eigenvalue weighted by atomic mass is 35.5. The summed E-state index contributed by atoms with van der Waals surface area (Å²) < 4.78 is 7.51. The van der Waals surface area contributed by atoms with Gasteiger partial charge in [-0.3, -0.25) is 4.79 Å². The Bertz CT molecular complexity index is 934. The van der Waals surface area contributed by atoms with E-state index in [9.17, 15) is 4.79 Å². The van der Waals surface area contributed by atoms with Crippen LogP contribution in [0.4, 0.5) is 0 Å². The summed E-state index contributed by atoms with van der Waals surface area (Å²) in [6, 6.07) is 19.3. The molecule has 1 heterocycles. The van der Waals surface area contributed by atoms with Crippen LogP contribution in [-0.2, 0) is 13.1 Å². The van der Waals surface area contributed by atoms with Gasteiger partial charge in [0.2, 0.25) is 0 Å². The van der Waals surface area contributed by atoms with E-state index in [0.717, 1.165) is 42.9 Å². The highest BCUT2D eigenvalue weighted by molar-refractivity contribution is 6.30. The van der Waals surface area contributed by atoms with E-state index in [1.165, 1.54) is 0 Å². The van der Waals surface area contributed by atoms with Crippen molar-refractivity contribution in [3.05, 3.63) is 88.7 Å².